The van der Waals surface area contributed by atoms with Crippen molar-refractivity contribution in [1.29, 1.82) is 0 Å². The zero-order valence-electron chi connectivity index (χ0n) is 10.1. The fourth-order valence-corrected chi connectivity index (χ4v) is 1.86. The third-order valence-corrected chi connectivity index (χ3v) is 2.84. The van der Waals surface area contributed by atoms with E-state index < -0.39 is 0 Å². The van der Waals surface area contributed by atoms with Gasteiger partial charge in [-0.1, -0.05) is 23.7 Å². The Labute approximate surface area is 120 Å². The van der Waals surface area contributed by atoms with Crippen LogP contribution in [0.1, 0.15) is 17.3 Å². The molecule has 2 aromatic rings. The largest absolute Gasteiger partial charge is 0.462 e. The van der Waals surface area contributed by atoms with Gasteiger partial charge in [0.1, 0.15) is 0 Å². The predicted octanol–water partition coefficient (Wildman–Crippen LogP) is 3.63. The molecule has 1 heterocycles. The van der Waals surface area contributed by atoms with Crippen LogP contribution in [0.4, 0.5) is 0 Å². The maximum atomic E-state index is 11.5. The van der Waals surface area contributed by atoms with Crippen molar-refractivity contribution in [2.45, 2.75) is 6.92 Å². The molecule has 0 fully saturated rings. The van der Waals surface area contributed by atoms with E-state index in [0.717, 1.165) is 5.56 Å². The summed E-state index contributed by atoms with van der Waals surface area (Å²) in [5, 5.41) is 0.516. The van der Waals surface area contributed by atoms with Crippen LogP contribution in [0.2, 0.25) is 10.3 Å². The van der Waals surface area contributed by atoms with Gasteiger partial charge >= 0.3 is 5.97 Å². The molecule has 0 saturated heterocycles. The van der Waals surface area contributed by atoms with Crippen molar-refractivity contribution in [3.05, 3.63) is 46.3 Å². The molecule has 98 valence electrons. The van der Waals surface area contributed by atoms with Gasteiger partial charge in [-0.3, -0.25) is 0 Å². The lowest BCUT2D eigenvalue weighted by molar-refractivity contribution is 0.0526. The van der Waals surface area contributed by atoms with Gasteiger partial charge in [-0.15, -0.1) is 0 Å². The Balaban J connectivity index is 2.32. The van der Waals surface area contributed by atoms with E-state index >= 15 is 0 Å². The van der Waals surface area contributed by atoms with E-state index in [-0.39, 0.29) is 11.3 Å². The number of aromatic nitrogens is 2. The third kappa shape index (κ3) is 3.22. The van der Waals surface area contributed by atoms with Crippen molar-refractivity contribution in [2.24, 2.45) is 0 Å². The second-order valence-corrected chi connectivity index (χ2v) is 4.38. The van der Waals surface area contributed by atoms with E-state index in [4.69, 9.17) is 27.9 Å². The van der Waals surface area contributed by atoms with Gasteiger partial charge in [0.15, 0.2) is 0 Å². The number of benzene rings is 1. The highest BCUT2D eigenvalue weighted by Gasteiger charge is 2.10. The minimum Gasteiger partial charge on any atom is -0.462 e. The zero-order chi connectivity index (χ0) is 13.8. The molecule has 0 spiro atoms. The van der Waals surface area contributed by atoms with Gasteiger partial charge in [0, 0.05) is 5.56 Å². The minimum atomic E-state index is -0.360. The topological polar surface area (TPSA) is 52.1 Å². The molecular formula is C13H10Cl2N2O2. The number of ether oxygens (including phenoxy) is 1. The molecular weight excluding hydrogens is 287 g/mol. The number of carbonyl (C=O) groups excluding carboxylic acids is 1. The summed E-state index contributed by atoms with van der Waals surface area (Å²) in [6.45, 7) is 2.10. The highest BCUT2D eigenvalue weighted by Crippen LogP contribution is 2.26. The first-order valence-electron chi connectivity index (χ1n) is 5.57. The average Bonchev–Trinajstić information content (AvgIpc) is 2.42. The maximum Gasteiger partial charge on any atom is 0.338 e. The summed E-state index contributed by atoms with van der Waals surface area (Å²) in [4.78, 5) is 19.4. The summed E-state index contributed by atoms with van der Waals surface area (Å²) in [7, 11) is 0. The predicted molar refractivity (Wildman–Crippen MR) is 73.4 cm³/mol. The molecule has 0 atom stereocenters. The normalized spacial score (nSPS) is 10.3. The lowest BCUT2D eigenvalue weighted by atomic mass is 10.1. The van der Waals surface area contributed by atoms with E-state index in [1.165, 1.54) is 6.20 Å². The van der Waals surface area contributed by atoms with Crippen molar-refractivity contribution in [2.75, 3.05) is 6.61 Å². The molecule has 2 rings (SSSR count). The van der Waals surface area contributed by atoms with Gasteiger partial charge in [0.05, 0.1) is 29.1 Å². The highest BCUT2D eigenvalue weighted by atomic mass is 35.5. The fourth-order valence-electron chi connectivity index (χ4n) is 1.53. The van der Waals surface area contributed by atoms with Gasteiger partial charge in [-0.2, -0.15) is 0 Å². The van der Waals surface area contributed by atoms with Gasteiger partial charge in [-0.25, -0.2) is 14.8 Å². The molecule has 1 aromatic heterocycles. The summed E-state index contributed by atoms with van der Waals surface area (Å²) in [6, 6.07) is 6.77. The van der Waals surface area contributed by atoms with Crippen molar-refractivity contribution in [1.82, 2.24) is 9.97 Å². The molecule has 0 bridgehead atoms. The second-order valence-electron chi connectivity index (χ2n) is 3.63. The summed E-state index contributed by atoms with van der Waals surface area (Å²) < 4.78 is 4.90. The molecule has 19 heavy (non-hydrogen) atoms. The lowest BCUT2D eigenvalue weighted by Gasteiger charge is -2.05. The van der Waals surface area contributed by atoms with Crippen molar-refractivity contribution in [3.63, 3.8) is 0 Å². The molecule has 1 aromatic carbocycles. The molecule has 4 nitrogen and oxygen atoms in total. The van der Waals surface area contributed by atoms with Gasteiger partial charge in [0.25, 0.3) is 0 Å². The summed E-state index contributed by atoms with van der Waals surface area (Å²) >= 11 is 11.7. The van der Waals surface area contributed by atoms with E-state index in [1.54, 1.807) is 31.2 Å². The van der Waals surface area contributed by atoms with Crippen LogP contribution in [0.15, 0.2) is 30.5 Å². The minimum absolute atomic E-state index is 0.119. The molecule has 0 aliphatic rings. The molecule has 0 aliphatic carbocycles. The number of hydrogen-bond acceptors (Lipinski definition) is 4. The standard InChI is InChI=1S/C13H10Cl2N2O2/c1-2-19-12(18)9-5-3-8(4-6-9)11-10(14)7-16-13(15)17-11/h3-7H,2H2,1H3. The smallest absolute Gasteiger partial charge is 0.338 e. The summed E-state index contributed by atoms with van der Waals surface area (Å²) in [6.07, 6.45) is 1.44. The van der Waals surface area contributed by atoms with Crippen molar-refractivity contribution in [3.8, 4) is 11.3 Å². The van der Waals surface area contributed by atoms with Crippen LogP contribution in [0.5, 0.6) is 0 Å². The summed E-state index contributed by atoms with van der Waals surface area (Å²) in [5.41, 5.74) is 1.75. The number of rotatable bonds is 3. The summed E-state index contributed by atoms with van der Waals surface area (Å²) in [5.74, 6) is -0.360. The lowest BCUT2D eigenvalue weighted by Crippen LogP contribution is -2.04. The molecule has 0 amide bonds. The number of hydrogen-bond donors (Lipinski definition) is 0. The third-order valence-electron chi connectivity index (χ3n) is 2.38. The van der Waals surface area contributed by atoms with Crippen LogP contribution in [0.3, 0.4) is 0 Å². The van der Waals surface area contributed by atoms with Crippen LogP contribution in [-0.2, 0) is 4.74 Å². The first-order chi connectivity index (χ1) is 9.11. The monoisotopic (exact) mass is 296 g/mol. The van der Waals surface area contributed by atoms with Crippen LogP contribution in [0.25, 0.3) is 11.3 Å². The molecule has 0 radical (unpaired) electrons. The van der Waals surface area contributed by atoms with E-state index in [9.17, 15) is 4.79 Å². The first kappa shape index (κ1) is 13.8. The molecule has 0 aliphatic heterocycles. The van der Waals surface area contributed by atoms with Crippen LogP contribution < -0.4 is 0 Å². The SMILES string of the molecule is CCOC(=O)c1ccc(-c2nc(Cl)ncc2Cl)cc1. The first-order valence-corrected chi connectivity index (χ1v) is 6.33. The number of esters is 1. The quantitative estimate of drug-likeness (QED) is 0.641. The van der Waals surface area contributed by atoms with Crippen molar-refractivity contribution < 1.29 is 9.53 Å². The van der Waals surface area contributed by atoms with Gasteiger partial charge < -0.3 is 4.74 Å². The zero-order valence-corrected chi connectivity index (χ0v) is 11.6. The van der Waals surface area contributed by atoms with Crippen LogP contribution >= 0.6 is 23.2 Å². The molecule has 0 N–H and O–H groups in total. The van der Waals surface area contributed by atoms with Gasteiger partial charge in [0.2, 0.25) is 5.28 Å². The Bertz CT molecular complexity index is 600. The second kappa shape index (κ2) is 5.99. The Morgan fingerprint density at radius 2 is 1.95 bits per heavy atom. The van der Waals surface area contributed by atoms with E-state index in [1.807, 2.05) is 0 Å². The van der Waals surface area contributed by atoms with E-state index in [2.05, 4.69) is 9.97 Å². The Hall–Kier alpha value is -1.65. The molecule has 0 saturated carbocycles. The Morgan fingerprint density at radius 3 is 2.58 bits per heavy atom. The molecule has 6 heteroatoms. The van der Waals surface area contributed by atoms with Crippen LogP contribution in [0, 0.1) is 0 Å². The number of nitrogens with zero attached hydrogens (tertiary/aromatic N) is 2. The molecule has 0 unspecified atom stereocenters. The van der Waals surface area contributed by atoms with Gasteiger partial charge in [-0.05, 0) is 30.7 Å². The maximum absolute atomic E-state index is 11.5. The Kier molecular flexibility index (Phi) is 4.35. The Morgan fingerprint density at radius 1 is 1.26 bits per heavy atom. The number of halogens is 2. The highest BCUT2D eigenvalue weighted by molar-refractivity contribution is 6.33. The van der Waals surface area contributed by atoms with E-state index in [0.29, 0.717) is 22.9 Å². The van der Waals surface area contributed by atoms with Crippen LogP contribution in [-0.4, -0.2) is 22.5 Å². The van der Waals surface area contributed by atoms with Crippen molar-refractivity contribution >= 4 is 29.2 Å². The number of carbonyl (C=O) groups is 1. The average molecular weight is 297 g/mol. The fraction of sp³-hybridized carbons (Fsp3) is 0.154.